The van der Waals surface area contributed by atoms with Crippen LogP contribution in [0.4, 0.5) is 0 Å². The molecule has 0 N–H and O–H groups in total. The summed E-state index contributed by atoms with van der Waals surface area (Å²) in [4.78, 5) is 0. The normalized spacial score (nSPS) is 10.3. The second kappa shape index (κ2) is 6.97. The maximum absolute atomic E-state index is 5.89. The van der Waals surface area contributed by atoms with Gasteiger partial charge in [-0.1, -0.05) is 6.07 Å². The lowest BCUT2D eigenvalue weighted by Crippen LogP contribution is -1.96. The molecule has 0 aliphatic heterocycles. The number of halogens is 2. The van der Waals surface area contributed by atoms with Crippen LogP contribution < -0.4 is 4.74 Å². The molecule has 0 spiro atoms. The van der Waals surface area contributed by atoms with E-state index in [0.29, 0.717) is 18.4 Å². The minimum Gasteiger partial charge on any atom is -0.494 e. The number of benzene rings is 1. The average molecular weight is 247 g/mol. The van der Waals surface area contributed by atoms with Gasteiger partial charge < -0.3 is 4.74 Å². The molecular weight excluding hydrogens is 231 g/mol. The Morgan fingerprint density at radius 3 is 2.60 bits per heavy atom. The van der Waals surface area contributed by atoms with Crippen LogP contribution in [0.5, 0.6) is 5.75 Å². The topological polar surface area (TPSA) is 9.23 Å². The van der Waals surface area contributed by atoms with E-state index >= 15 is 0 Å². The van der Waals surface area contributed by atoms with E-state index in [1.807, 2.05) is 19.1 Å². The molecular formula is C12H16Cl2O. The van der Waals surface area contributed by atoms with Gasteiger partial charge in [-0.25, -0.2) is 0 Å². The molecule has 0 aliphatic carbocycles. The Hall–Kier alpha value is -0.400. The molecule has 0 saturated carbocycles. The maximum Gasteiger partial charge on any atom is 0.119 e. The molecule has 0 saturated heterocycles. The Morgan fingerprint density at radius 2 is 2.00 bits per heavy atom. The molecule has 15 heavy (non-hydrogen) atoms. The van der Waals surface area contributed by atoms with Crippen LogP contribution >= 0.6 is 23.2 Å². The molecule has 0 fully saturated rings. The van der Waals surface area contributed by atoms with E-state index in [-0.39, 0.29) is 0 Å². The van der Waals surface area contributed by atoms with Gasteiger partial charge in [0.15, 0.2) is 0 Å². The van der Waals surface area contributed by atoms with Crippen molar-refractivity contribution in [1.29, 1.82) is 0 Å². The van der Waals surface area contributed by atoms with Gasteiger partial charge >= 0.3 is 0 Å². The monoisotopic (exact) mass is 246 g/mol. The molecule has 1 rings (SSSR count). The highest BCUT2D eigenvalue weighted by molar-refractivity contribution is 6.18. The van der Waals surface area contributed by atoms with Gasteiger partial charge in [0.2, 0.25) is 0 Å². The molecule has 84 valence electrons. The lowest BCUT2D eigenvalue weighted by atomic mass is 10.0. The molecule has 0 radical (unpaired) electrons. The van der Waals surface area contributed by atoms with Crippen LogP contribution in [0.2, 0.25) is 0 Å². The molecule has 0 amide bonds. The predicted molar refractivity (Wildman–Crippen MR) is 66.2 cm³/mol. The largest absolute Gasteiger partial charge is 0.494 e. The molecule has 0 aliphatic rings. The fourth-order valence-electron chi connectivity index (χ4n) is 1.48. The number of rotatable bonds is 6. The number of aryl methyl sites for hydroxylation is 1. The molecule has 0 unspecified atom stereocenters. The van der Waals surface area contributed by atoms with Crippen LogP contribution in [0.3, 0.4) is 0 Å². The second-order valence-corrected chi connectivity index (χ2v) is 3.93. The molecule has 0 bridgehead atoms. The van der Waals surface area contributed by atoms with Crippen LogP contribution in [-0.4, -0.2) is 12.5 Å². The molecule has 3 heteroatoms. The molecule has 0 aromatic heterocycles. The number of alkyl halides is 2. The van der Waals surface area contributed by atoms with Crippen molar-refractivity contribution in [3.63, 3.8) is 0 Å². The first-order valence-corrected chi connectivity index (χ1v) is 6.25. The zero-order valence-electron chi connectivity index (χ0n) is 8.93. The molecule has 0 atom stereocenters. The van der Waals surface area contributed by atoms with E-state index in [0.717, 1.165) is 24.2 Å². The van der Waals surface area contributed by atoms with Crippen molar-refractivity contribution in [3.8, 4) is 5.75 Å². The maximum atomic E-state index is 5.89. The summed E-state index contributed by atoms with van der Waals surface area (Å²) in [7, 11) is 0. The van der Waals surface area contributed by atoms with Crippen molar-refractivity contribution in [2.45, 2.75) is 25.6 Å². The Bertz CT molecular complexity index is 300. The zero-order chi connectivity index (χ0) is 11.1. The summed E-state index contributed by atoms with van der Waals surface area (Å²) in [5.74, 6) is 2.11. The lowest BCUT2D eigenvalue weighted by molar-refractivity contribution is 0.340. The fraction of sp³-hybridized carbons (Fsp3) is 0.500. The summed E-state index contributed by atoms with van der Waals surface area (Å²) >= 11 is 11.6. The van der Waals surface area contributed by atoms with Gasteiger partial charge in [-0.05, 0) is 43.0 Å². The first-order valence-electron chi connectivity index (χ1n) is 5.18. The number of hydrogen-bond acceptors (Lipinski definition) is 1. The van der Waals surface area contributed by atoms with Crippen LogP contribution in [0.15, 0.2) is 18.2 Å². The summed E-state index contributed by atoms with van der Waals surface area (Å²) < 4.78 is 5.42. The van der Waals surface area contributed by atoms with E-state index in [1.54, 1.807) is 0 Å². The standard InChI is InChI=1S/C12H16Cl2O/c1-2-15-12-6-5-10(4-3-7-13)11(8-12)9-14/h5-6,8H,2-4,7,9H2,1H3. The smallest absolute Gasteiger partial charge is 0.119 e. The van der Waals surface area contributed by atoms with Crippen molar-refractivity contribution in [1.82, 2.24) is 0 Å². The van der Waals surface area contributed by atoms with Crippen molar-refractivity contribution in [3.05, 3.63) is 29.3 Å². The SMILES string of the molecule is CCOc1ccc(CCCCl)c(CCl)c1. The van der Waals surface area contributed by atoms with Crippen LogP contribution in [0.25, 0.3) is 0 Å². The van der Waals surface area contributed by atoms with Crippen molar-refractivity contribution < 1.29 is 4.74 Å². The minimum absolute atomic E-state index is 0.526. The summed E-state index contributed by atoms with van der Waals surface area (Å²) in [6, 6.07) is 6.08. The minimum atomic E-state index is 0.526. The Balaban J connectivity index is 2.78. The van der Waals surface area contributed by atoms with Crippen LogP contribution in [0, 0.1) is 0 Å². The summed E-state index contributed by atoms with van der Waals surface area (Å²) in [6.45, 7) is 2.66. The van der Waals surface area contributed by atoms with Crippen molar-refractivity contribution >= 4 is 23.2 Å². The highest BCUT2D eigenvalue weighted by atomic mass is 35.5. The second-order valence-electron chi connectivity index (χ2n) is 3.29. The zero-order valence-corrected chi connectivity index (χ0v) is 10.4. The Morgan fingerprint density at radius 1 is 1.20 bits per heavy atom. The fourth-order valence-corrected chi connectivity index (χ4v) is 1.87. The van der Waals surface area contributed by atoms with Gasteiger partial charge in [-0.3, -0.25) is 0 Å². The summed E-state index contributed by atoms with van der Waals surface area (Å²) in [5.41, 5.74) is 2.42. The van der Waals surface area contributed by atoms with Gasteiger partial charge in [-0.15, -0.1) is 23.2 Å². The van der Waals surface area contributed by atoms with E-state index in [4.69, 9.17) is 27.9 Å². The quantitative estimate of drug-likeness (QED) is 0.690. The van der Waals surface area contributed by atoms with Crippen molar-refractivity contribution in [2.24, 2.45) is 0 Å². The highest BCUT2D eigenvalue weighted by Crippen LogP contribution is 2.21. The van der Waals surface area contributed by atoms with E-state index in [1.165, 1.54) is 5.56 Å². The lowest BCUT2D eigenvalue weighted by Gasteiger charge is -2.09. The van der Waals surface area contributed by atoms with Crippen molar-refractivity contribution in [2.75, 3.05) is 12.5 Å². The van der Waals surface area contributed by atoms with E-state index < -0.39 is 0 Å². The number of ether oxygens (including phenoxy) is 1. The first kappa shape index (κ1) is 12.7. The summed E-state index contributed by atoms with van der Waals surface area (Å²) in [6.07, 6.45) is 1.97. The van der Waals surface area contributed by atoms with Gasteiger partial charge in [0.05, 0.1) is 6.61 Å². The van der Waals surface area contributed by atoms with Gasteiger partial charge in [-0.2, -0.15) is 0 Å². The Kier molecular flexibility index (Phi) is 5.89. The van der Waals surface area contributed by atoms with Crippen LogP contribution in [-0.2, 0) is 12.3 Å². The third-order valence-electron chi connectivity index (χ3n) is 2.21. The molecule has 0 heterocycles. The van der Waals surface area contributed by atoms with Gasteiger partial charge in [0.1, 0.15) is 5.75 Å². The average Bonchev–Trinajstić information content (AvgIpc) is 2.27. The van der Waals surface area contributed by atoms with E-state index in [9.17, 15) is 0 Å². The highest BCUT2D eigenvalue weighted by Gasteiger charge is 2.03. The first-order chi connectivity index (χ1) is 7.31. The van der Waals surface area contributed by atoms with E-state index in [2.05, 4.69) is 6.07 Å². The van der Waals surface area contributed by atoms with Gasteiger partial charge in [0, 0.05) is 11.8 Å². The molecule has 1 nitrogen and oxygen atoms in total. The third-order valence-corrected chi connectivity index (χ3v) is 2.77. The Labute approximate surface area is 101 Å². The molecule has 1 aromatic rings. The third kappa shape index (κ3) is 3.92. The predicted octanol–water partition coefficient (Wildman–Crippen LogP) is 4.00. The van der Waals surface area contributed by atoms with Crippen LogP contribution in [0.1, 0.15) is 24.5 Å². The van der Waals surface area contributed by atoms with Gasteiger partial charge in [0.25, 0.3) is 0 Å². The number of hydrogen-bond donors (Lipinski definition) is 0. The molecule has 1 aromatic carbocycles. The summed E-state index contributed by atoms with van der Waals surface area (Å²) in [5, 5.41) is 0.